The lowest BCUT2D eigenvalue weighted by molar-refractivity contribution is 0.426. The number of ether oxygens (including phenoxy) is 1. The molecule has 0 radical (unpaired) electrons. The van der Waals surface area contributed by atoms with E-state index in [0.717, 1.165) is 18.2 Å². The topological polar surface area (TPSA) is 21.3 Å². The van der Waals surface area contributed by atoms with Crippen LogP contribution in [0.1, 0.15) is 5.56 Å². The maximum absolute atomic E-state index is 13.6. The molecule has 0 aromatic heterocycles. The van der Waals surface area contributed by atoms with Crippen molar-refractivity contribution in [3.63, 3.8) is 0 Å². The number of nitrogens with one attached hydrogen (secondary N) is 1. The average Bonchev–Trinajstić information content (AvgIpc) is 2.38. The molecule has 100 valence electrons. The largest absolute Gasteiger partial charge is 0.454 e. The maximum atomic E-state index is 13.6. The Bertz CT molecular complexity index is 587. The van der Waals surface area contributed by atoms with E-state index in [0.29, 0.717) is 0 Å². The van der Waals surface area contributed by atoms with Crippen LogP contribution in [0.4, 0.5) is 13.2 Å². The lowest BCUT2D eigenvalue weighted by Crippen LogP contribution is -2.08. The second kappa shape index (κ2) is 5.75. The number of halogens is 3. The minimum Gasteiger partial charge on any atom is -0.454 e. The second-order valence-corrected chi connectivity index (χ2v) is 3.92. The van der Waals surface area contributed by atoms with Gasteiger partial charge in [-0.3, -0.25) is 0 Å². The first-order chi connectivity index (χ1) is 9.11. The molecule has 2 rings (SSSR count). The van der Waals surface area contributed by atoms with Gasteiger partial charge in [-0.25, -0.2) is 13.2 Å². The number of benzene rings is 2. The summed E-state index contributed by atoms with van der Waals surface area (Å²) in [6, 6.07) is 7.09. The summed E-state index contributed by atoms with van der Waals surface area (Å²) < 4.78 is 45.4. The van der Waals surface area contributed by atoms with Gasteiger partial charge in [0.15, 0.2) is 11.6 Å². The third kappa shape index (κ3) is 3.06. The van der Waals surface area contributed by atoms with Crippen molar-refractivity contribution in [2.75, 3.05) is 7.05 Å². The molecule has 0 aliphatic rings. The molecule has 0 unspecified atom stereocenters. The molecule has 2 nitrogen and oxygen atoms in total. The fourth-order valence-electron chi connectivity index (χ4n) is 1.66. The Morgan fingerprint density at radius 1 is 1.00 bits per heavy atom. The van der Waals surface area contributed by atoms with Crippen LogP contribution in [0, 0.1) is 17.5 Å². The minimum atomic E-state index is -0.707. The standard InChI is InChI=1S/C14H12F3NO/c1-18-8-10-11(16)3-2-4-13(10)19-14-7-9(15)5-6-12(14)17/h2-7,18H,8H2,1H3. The highest BCUT2D eigenvalue weighted by atomic mass is 19.1. The quantitative estimate of drug-likeness (QED) is 0.913. The van der Waals surface area contributed by atoms with Crippen molar-refractivity contribution in [1.82, 2.24) is 5.32 Å². The van der Waals surface area contributed by atoms with Crippen LogP contribution in [0.15, 0.2) is 36.4 Å². The van der Waals surface area contributed by atoms with Gasteiger partial charge in [0, 0.05) is 18.2 Å². The monoisotopic (exact) mass is 267 g/mol. The molecule has 0 aliphatic heterocycles. The van der Waals surface area contributed by atoms with E-state index in [1.807, 2.05) is 0 Å². The van der Waals surface area contributed by atoms with Gasteiger partial charge in [-0.15, -0.1) is 0 Å². The Morgan fingerprint density at radius 3 is 2.53 bits per heavy atom. The molecule has 0 atom stereocenters. The normalized spacial score (nSPS) is 10.5. The summed E-state index contributed by atoms with van der Waals surface area (Å²) in [5, 5.41) is 2.79. The van der Waals surface area contributed by atoms with E-state index in [2.05, 4.69) is 5.32 Å². The van der Waals surface area contributed by atoms with Gasteiger partial charge in [0.05, 0.1) is 0 Å². The van der Waals surface area contributed by atoms with E-state index < -0.39 is 17.5 Å². The van der Waals surface area contributed by atoms with E-state index in [1.165, 1.54) is 18.2 Å². The van der Waals surface area contributed by atoms with Gasteiger partial charge < -0.3 is 10.1 Å². The van der Waals surface area contributed by atoms with Crippen LogP contribution < -0.4 is 10.1 Å². The van der Waals surface area contributed by atoms with Crippen LogP contribution in [0.2, 0.25) is 0 Å². The predicted molar refractivity (Wildman–Crippen MR) is 65.6 cm³/mol. The maximum Gasteiger partial charge on any atom is 0.165 e. The molecule has 1 N–H and O–H groups in total. The number of hydrogen-bond donors (Lipinski definition) is 1. The molecule has 0 heterocycles. The van der Waals surface area contributed by atoms with Crippen molar-refractivity contribution in [3.8, 4) is 11.5 Å². The summed E-state index contributed by atoms with van der Waals surface area (Å²) >= 11 is 0. The predicted octanol–water partition coefficient (Wildman–Crippen LogP) is 3.62. The molecular formula is C14H12F3NO. The molecule has 5 heteroatoms. The SMILES string of the molecule is CNCc1c(F)cccc1Oc1cc(F)ccc1F. The summed E-state index contributed by atoms with van der Waals surface area (Å²) in [4.78, 5) is 0. The minimum absolute atomic E-state index is 0.152. The molecule has 0 bridgehead atoms. The molecule has 0 spiro atoms. The highest BCUT2D eigenvalue weighted by molar-refractivity contribution is 5.39. The first kappa shape index (κ1) is 13.4. The van der Waals surface area contributed by atoms with E-state index >= 15 is 0 Å². The Kier molecular flexibility index (Phi) is 4.06. The molecule has 0 fully saturated rings. The van der Waals surface area contributed by atoms with E-state index in [9.17, 15) is 13.2 Å². The summed E-state index contributed by atoms with van der Waals surface area (Å²) in [5.74, 6) is -1.92. The first-order valence-electron chi connectivity index (χ1n) is 5.66. The smallest absolute Gasteiger partial charge is 0.165 e. The van der Waals surface area contributed by atoms with Crippen LogP contribution in [0.25, 0.3) is 0 Å². The van der Waals surface area contributed by atoms with Gasteiger partial charge >= 0.3 is 0 Å². The fourth-order valence-corrected chi connectivity index (χ4v) is 1.66. The van der Waals surface area contributed by atoms with Crippen molar-refractivity contribution >= 4 is 0 Å². The lowest BCUT2D eigenvalue weighted by atomic mass is 10.2. The molecule has 0 aliphatic carbocycles. The Hall–Kier alpha value is -2.01. The number of hydrogen-bond acceptors (Lipinski definition) is 2. The summed E-state index contributed by atoms with van der Waals surface area (Å²) in [5.41, 5.74) is 0.258. The molecule has 2 aromatic carbocycles. The van der Waals surface area contributed by atoms with Crippen molar-refractivity contribution in [1.29, 1.82) is 0 Å². The molecule has 19 heavy (non-hydrogen) atoms. The van der Waals surface area contributed by atoms with Crippen LogP contribution in [0.3, 0.4) is 0 Å². The summed E-state index contributed by atoms with van der Waals surface area (Å²) in [6.07, 6.45) is 0. The number of rotatable bonds is 4. The molecule has 2 aromatic rings. The highest BCUT2D eigenvalue weighted by Crippen LogP contribution is 2.29. The Balaban J connectivity index is 2.37. The van der Waals surface area contributed by atoms with E-state index in [4.69, 9.17) is 4.74 Å². The van der Waals surface area contributed by atoms with E-state index in [1.54, 1.807) is 7.05 Å². The average molecular weight is 267 g/mol. The van der Waals surface area contributed by atoms with Crippen LogP contribution >= 0.6 is 0 Å². The zero-order valence-corrected chi connectivity index (χ0v) is 10.2. The third-order valence-corrected chi connectivity index (χ3v) is 2.54. The Labute approximate surface area is 108 Å². The molecule has 0 saturated carbocycles. The fraction of sp³-hybridized carbons (Fsp3) is 0.143. The third-order valence-electron chi connectivity index (χ3n) is 2.54. The van der Waals surface area contributed by atoms with Gasteiger partial charge in [-0.05, 0) is 31.3 Å². The molecule has 0 amide bonds. The zero-order chi connectivity index (χ0) is 13.8. The van der Waals surface area contributed by atoms with Crippen molar-refractivity contribution in [2.24, 2.45) is 0 Å². The lowest BCUT2D eigenvalue weighted by Gasteiger charge is -2.12. The van der Waals surface area contributed by atoms with Gasteiger partial charge in [0.25, 0.3) is 0 Å². The van der Waals surface area contributed by atoms with E-state index in [-0.39, 0.29) is 23.6 Å². The van der Waals surface area contributed by atoms with Crippen LogP contribution in [-0.2, 0) is 6.54 Å². The second-order valence-electron chi connectivity index (χ2n) is 3.92. The summed E-state index contributed by atoms with van der Waals surface area (Å²) in [6.45, 7) is 0.221. The van der Waals surface area contributed by atoms with Crippen molar-refractivity contribution < 1.29 is 17.9 Å². The molecule has 0 saturated heterocycles. The van der Waals surface area contributed by atoms with Gasteiger partial charge in [-0.2, -0.15) is 0 Å². The van der Waals surface area contributed by atoms with Gasteiger partial charge in [0.1, 0.15) is 17.4 Å². The Morgan fingerprint density at radius 2 is 1.79 bits per heavy atom. The van der Waals surface area contributed by atoms with Crippen LogP contribution in [0.5, 0.6) is 11.5 Å². The molecular weight excluding hydrogens is 255 g/mol. The van der Waals surface area contributed by atoms with Gasteiger partial charge in [-0.1, -0.05) is 6.07 Å². The first-order valence-corrected chi connectivity index (χ1v) is 5.66. The highest BCUT2D eigenvalue weighted by Gasteiger charge is 2.12. The van der Waals surface area contributed by atoms with Crippen LogP contribution in [-0.4, -0.2) is 7.05 Å². The van der Waals surface area contributed by atoms with Crippen molar-refractivity contribution in [2.45, 2.75) is 6.54 Å². The zero-order valence-electron chi connectivity index (χ0n) is 10.2. The summed E-state index contributed by atoms with van der Waals surface area (Å²) in [7, 11) is 1.65. The van der Waals surface area contributed by atoms with Gasteiger partial charge in [0.2, 0.25) is 0 Å². The van der Waals surface area contributed by atoms with Crippen molar-refractivity contribution in [3.05, 3.63) is 59.4 Å².